The Hall–Kier alpha value is -5.34. The zero-order chi connectivity index (χ0) is 32.0. The third kappa shape index (κ3) is 7.14. The minimum Gasteiger partial charge on any atom is -0.457 e. The molecule has 1 atom stereocenters. The van der Waals surface area contributed by atoms with E-state index in [-0.39, 0.29) is 17.6 Å². The van der Waals surface area contributed by atoms with Gasteiger partial charge in [-0.15, -0.1) is 11.8 Å². The summed E-state index contributed by atoms with van der Waals surface area (Å²) in [5.74, 6) is 0.507. The highest BCUT2D eigenvalue weighted by Crippen LogP contribution is 2.33. The molecule has 4 aromatic carbocycles. The predicted molar refractivity (Wildman–Crippen MR) is 184 cm³/mol. The number of hydrogen-bond donors (Lipinski definition) is 2. The molecule has 0 saturated carbocycles. The maximum absolute atomic E-state index is 13.5. The molecule has 3 amide bonds. The molecule has 8 heteroatoms. The third-order valence-electron chi connectivity index (χ3n) is 7.73. The predicted octanol–water partition coefficient (Wildman–Crippen LogP) is 7.73. The van der Waals surface area contributed by atoms with Crippen LogP contribution >= 0.6 is 11.8 Å². The standard InChI is InChI=1S/C38H33N3O4S/c1-25-12-14-27(15-13-25)35-21-18-31(45-35)23-33(40-37(43)28-8-4-3-5-9-28)38(44)39-30-16-19-32(20-17-30)46-24-36(42)41-26(2)22-29-10-6-7-11-34(29)41/h3-21,23,26H,22,24H2,1-2H3,(H,39,44)(H,40,43). The molecule has 7 nitrogen and oxygen atoms in total. The Balaban J connectivity index is 1.14. The number of fused-ring (bicyclic) bond motifs is 1. The van der Waals surface area contributed by atoms with E-state index in [9.17, 15) is 14.4 Å². The van der Waals surface area contributed by atoms with E-state index < -0.39 is 11.8 Å². The summed E-state index contributed by atoms with van der Waals surface area (Å²) in [6, 6.07) is 35.7. The number of nitrogens with zero attached hydrogens (tertiary/aromatic N) is 1. The number of para-hydroxylation sites is 1. The van der Waals surface area contributed by atoms with Crippen molar-refractivity contribution in [2.45, 2.75) is 31.2 Å². The first kappa shape index (κ1) is 30.7. The minimum atomic E-state index is -0.505. The number of anilines is 2. The number of thioether (sulfide) groups is 1. The number of aryl methyl sites for hydroxylation is 1. The molecule has 1 aliphatic rings. The maximum Gasteiger partial charge on any atom is 0.272 e. The smallest absolute Gasteiger partial charge is 0.272 e. The summed E-state index contributed by atoms with van der Waals surface area (Å²) in [4.78, 5) is 42.4. The molecule has 0 spiro atoms. The molecule has 46 heavy (non-hydrogen) atoms. The first-order valence-electron chi connectivity index (χ1n) is 15.0. The Morgan fingerprint density at radius 2 is 1.59 bits per heavy atom. The van der Waals surface area contributed by atoms with Gasteiger partial charge in [-0.3, -0.25) is 14.4 Å². The van der Waals surface area contributed by atoms with E-state index in [1.807, 2.05) is 78.6 Å². The van der Waals surface area contributed by atoms with E-state index in [0.29, 0.717) is 28.5 Å². The topological polar surface area (TPSA) is 91.7 Å². The van der Waals surface area contributed by atoms with Gasteiger partial charge < -0.3 is 20.0 Å². The van der Waals surface area contributed by atoms with Crippen LogP contribution in [0.1, 0.15) is 34.2 Å². The number of benzene rings is 4. The molecule has 1 aliphatic heterocycles. The van der Waals surface area contributed by atoms with Gasteiger partial charge >= 0.3 is 0 Å². The molecule has 1 aromatic heterocycles. The number of rotatable bonds is 9. The van der Waals surface area contributed by atoms with Gasteiger partial charge in [-0.2, -0.15) is 0 Å². The lowest BCUT2D eigenvalue weighted by Crippen LogP contribution is -2.36. The van der Waals surface area contributed by atoms with Crippen molar-refractivity contribution in [3.05, 3.63) is 143 Å². The van der Waals surface area contributed by atoms with Crippen LogP contribution < -0.4 is 15.5 Å². The SMILES string of the molecule is Cc1ccc(-c2ccc(C=C(NC(=O)c3ccccc3)C(=O)Nc3ccc(SCC(=O)N4c5ccccc5CC4C)cc3)o2)cc1. The minimum absolute atomic E-state index is 0.0303. The molecule has 1 unspecified atom stereocenters. The summed E-state index contributed by atoms with van der Waals surface area (Å²) in [7, 11) is 0. The highest BCUT2D eigenvalue weighted by atomic mass is 32.2. The van der Waals surface area contributed by atoms with Crippen LogP contribution in [-0.4, -0.2) is 29.5 Å². The molecule has 230 valence electrons. The van der Waals surface area contributed by atoms with Gasteiger partial charge in [0.2, 0.25) is 5.91 Å². The van der Waals surface area contributed by atoms with Crippen molar-refractivity contribution in [3.8, 4) is 11.3 Å². The van der Waals surface area contributed by atoms with E-state index in [1.165, 1.54) is 23.4 Å². The molecular weight excluding hydrogens is 595 g/mol. The van der Waals surface area contributed by atoms with E-state index >= 15 is 0 Å². The van der Waals surface area contributed by atoms with Gasteiger partial charge in [0.1, 0.15) is 17.2 Å². The molecule has 0 aliphatic carbocycles. The van der Waals surface area contributed by atoms with Crippen LogP contribution in [0, 0.1) is 6.92 Å². The number of amides is 3. The van der Waals surface area contributed by atoms with Crippen molar-refractivity contribution in [3.63, 3.8) is 0 Å². The first-order chi connectivity index (χ1) is 22.3. The second-order valence-corrected chi connectivity index (χ2v) is 12.2. The van der Waals surface area contributed by atoms with Crippen LogP contribution in [0.25, 0.3) is 17.4 Å². The van der Waals surface area contributed by atoms with Gasteiger partial charge in [0.05, 0.1) is 5.75 Å². The van der Waals surface area contributed by atoms with Gasteiger partial charge in [-0.05, 0) is 80.4 Å². The summed E-state index contributed by atoms with van der Waals surface area (Å²) in [6.45, 7) is 4.09. The summed E-state index contributed by atoms with van der Waals surface area (Å²) in [5, 5.41) is 5.61. The summed E-state index contributed by atoms with van der Waals surface area (Å²) >= 11 is 1.45. The first-order valence-corrected chi connectivity index (χ1v) is 16.0. The fourth-order valence-corrected chi connectivity index (χ4v) is 6.14. The molecule has 5 aromatic rings. The van der Waals surface area contributed by atoms with Gasteiger partial charge in [-0.25, -0.2) is 0 Å². The zero-order valence-corrected chi connectivity index (χ0v) is 26.3. The molecular formula is C38H33N3O4S. The van der Waals surface area contributed by atoms with Gasteiger partial charge in [-0.1, -0.05) is 66.2 Å². The van der Waals surface area contributed by atoms with Gasteiger partial charge in [0.25, 0.3) is 11.8 Å². The second kappa shape index (κ2) is 13.7. The van der Waals surface area contributed by atoms with Crippen molar-refractivity contribution in [1.29, 1.82) is 0 Å². The molecule has 0 radical (unpaired) electrons. The van der Waals surface area contributed by atoms with Crippen molar-refractivity contribution >= 4 is 46.9 Å². The molecule has 2 N–H and O–H groups in total. The summed E-state index contributed by atoms with van der Waals surface area (Å²) in [6.07, 6.45) is 2.37. The number of carbonyl (C=O) groups excluding carboxylic acids is 3. The lowest BCUT2D eigenvalue weighted by atomic mass is 10.1. The Bertz CT molecular complexity index is 1900. The number of carbonyl (C=O) groups is 3. The fraction of sp³-hybridized carbons (Fsp3) is 0.132. The lowest BCUT2D eigenvalue weighted by molar-refractivity contribution is -0.116. The Morgan fingerprint density at radius 3 is 2.35 bits per heavy atom. The average Bonchev–Trinajstić information content (AvgIpc) is 3.68. The summed E-state index contributed by atoms with van der Waals surface area (Å²) < 4.78 is 6.01. The van der Waals surface area contributed by atoms with Gasteiger partial charge in [0.15, 0.2) is 0 Å². The normalized spacial score (nSPS) is 14.1. The zero-order valence-electron chi connectivity index (χ0n) is 25.5. The molecule has 6 rings (SSSR count). The van der Waals surface area contributed by atoms with Crippen molar-refractivity contribution < 1.29 is 18.8 Å². The molecule has 0 saturated heterocycles. The van der Waals surface area contributed by atoms with Crippen molar-refractivity contribution in [2.24, 2.45) is 0 Å². The van der Waals surface area contributed by atoms with Crippen LogP contribution in [0.5, 0.6) is 0 Å². The fourth-order valence-electron chi connectivity index (χ4n) is 5.38. The second-order valence-electron chi connectivity index (χ2n) is 11.2. The number of hydrogen-bond acceptors (Lipinski definition) is 5. The Labute approximate surface area is 272 Å². The van der Waals surface area contributed by atoms with Crippen LogP contribution in [0.4, 0.5) is 11.4 Å². The number of nitrogens with one attached hydrogen (secondary N) is 2. The monoisotopic (exact) mass is 627 g/mol. The lowest BCUT2D eigenvalue weighted by Gasteiger charge is -2.22. The maximum atomic E-state index is 13.5. The van der Waals surface area contributed by atoms with E-state index in [0.717, 1.165) is 28.1 Å². The van der Waals surface area contributed by atoms with Crippen LogP contribution in [-0.2, 0) is 16.0 Å². The van der Waals surface area contributed by atoms with Crippen LogP contribution in [0.2, 0.25) is 0 Å². The third-order valence-corrected chi connectivity index (χ3v) is 8.73. The Morgan fingerprint density at radius 1 is 0.870 bits per heavy atom. The number of furan rings is 1. The molecule has 0 bridgehead atoms. The summed E-state index contributed by atoms with van der Waals surface area (Å²) in [5.41, 5.74) is 5.22. The van der Waals surface area contributed by atoms with Crippen LogP contribution in [0.3, 0.4) is 0 Å². The highest BCUT2D eigenvalue weighted by Gasteiger charge is 2.30. The molecule has 0 fully saturated rings. The van der Waals surface area contributed by atoms with Gasteiger partial charge in [0, 0.05) is 39.5 Å². The highest BCUT2D eigenvalue weighted by molar-refractivity contribution is 8.00. The van der Waals surface area contributed by atoms with E-state index in [1.54, 1.807) is 42.5 Å². The average molecular weight is 628 g/mol. The van der Waals surface area contributed by atoms with E-state index in [2.05, 4.69) is 23.6 Å². The van der Waals surface area contributed by atoms with Crippen LogP contribution in [0.15, 0.2) is 130 Å². The largest absolute Gasteiger partial charge is 0.457 e. The van der Waals surface area contributed by atoms with Crippen molar-refractivity contribution in [1.82, 2.24) is 5.32 Å². The van der Waals surface area contributed by atoms with E-state index in [4.69, 9.17) is 4.42 Å². The Kier molecular flexibility index (Phi) is 9.17. The quantitative estimate of drug-likeness (QED) is 0.129. The van der Waals surface area contributed by atoms with Crippen molar-refractivity contribution in [2.75, 3.05) is 16.0 Å². The molecule has 2 heterocycles.